The molecule has 0 aliphatic carbocycles. The van der Waals surface area contributed by atoms with Crippen molar-refractivity contribution >= 4 is 11.6 Å². The molecule has 0 spiro atoms. The number of methoxy groups -OCH3 is 1. The molecule has 1 aromatic carbocycles. The minimum atomic E-state index is -4.40. The number of benzene rings is 1. The second-order valence-corrected chi connectivity index (χ2v) is 4.07. The number of alkyl halides is 3. The lowest BCUT2D eigenvalue weighted by Crippen LogP contribution is -2.04. The van der Waals surface area contributed by atoms with Crippen LogP contribution in [0.25, 0.3) is 11.3 Å². The first-order valence-electron chi connectivity index (χ1n) is 5.16. The van der Waals surface area contributed by atoms with E-state index in [2.05, 4.69) is 10.2 Å². The van der Waals surface area contributed by atoms with E-state index in [1.807, 2.05) is 0 Å². The first-order chi connectivity index (χ1) is 8.91. The van der Waals surface area contributed by atoms with Gasteiger partial charge >= 0.3 is 6.18 Å². The van der Waals surface area contributed by atoms with E-state index >= 15 is 0 Å². The van der Waals surface area contributed by atoms with Crippen LogP contribution in [0.1, 0.15) is 5.56 Å². The number of hydrogen-bond donors (Lipinski definition) is 0. The highest BCUT2D eigenvalue weighted by molar-refractivity contribution is 6.32. The molecule has 1 aromatic heterocycles. The molecular formula is C12H8ClF3N2O. The summed E-state index contributed by atoms with van der Waals surface area (Å²) in [5.41, 5.74) is -0.220. The Hall–Kier alpha value is -1.82. The predicted octanol–water partition coefficient (Wildman–Crippen LogP) is 3.82. The van der Waals surface area contributed by atoms with Crippen molar-refractivity contribution in [2.24, 2.45) is 0 Å². The quantitative estimate of drug-likeness (QED) is 0.842. The number of rotatable bonds is 2. The lowest BCUT2D eigenvalue weighted by atomic mass is 10.1. The smallest absolute Gasteiger partial charge is 0.416 e. The molecule has 0 aliphatic rings. The van der Waals surface area contributed by atoms with Crippen LogP contribution in [-0.2, 0) is 6.18 Å². The number of ether oxygens (including phenoxy) is 1. The Morgan fingerprint density at radius 2 is 1.89 bits per heavy atom. The van der Waals surface area contributed by atoms with Crippen molar-refractivity contribution in [2.45, 2.75) is 6.18 Å². The van der Waals surface area contributed by atoms with Crippen molar-refractivity contribution in [2.75, 3.05) is 7.11 Å². The van der Waals surface area contributed by atoms with Gasteiger partial charge in [0.15, 0.2) is 0 Å². The van der Waals surface area contributed by atoms with Crippen LogP contribution in [0.3, 0.4) is 0 Å². The highest BCUT2D eigenvalue weighted by Crippen LogP contribution is 2.32. The van der Waals surface area contributed by atoms with Gasteiger partial charge in [0.2, 0.25) is 0 Å². The zero-order valence-corrected chi connectivity index (χ0v) is 10.5. The topological polar surface area (TPSA) is 35.0 Å². The van der Waals surface area contributed by atoms with Crippen molar-refractivity contribution in [1.82, 2.24) is 10.2 Å². The van der Waals surface area contributed by atoms with Gasteiger partial charge in [0.1, 0.15) is 5.02 Å². The number of halogens is 4. The first-order valence-corrected chi connectivity index (χ1v) is 5.54. The summed E-state index contributed by atoms with van der Waals surface area (Å²) in [5, 5.41) is 7.64. The van der Waals surface area contributed by atoms with Crippen LogP contribution >= 0.6 is 11.6 Å². The van der Waals surface area contributed by atoms with Gasteiger partial charge in [-0.05, 0) is 18.2 Å². The molecule has 100 valence electrons. The largest absolute Gasteiger partial charge is 0.479 e. The summed E-state index contributed by atoms with van der Waals surface area (Å²) in [7, 11) is 1.37. The Kier molecular flexibility index (Phi) is 3.61. The van der Waals surface area contributed by atoms with Gasteiger partial charge in [0, 0.05) is 5.56 Å². The first kappa shape index (κ1) is 13.6. The Bertz CT molecular complexity index is 602. The monoisotopic (exact) mass is 288 g/mol. The molecule has 0 unspecified atom stereocenters. The number of hydrogen-bond acceptors (Lipinski definition) is 3. The summed E-state index contributed by atoms with van der Waals surface area (Å²) in [4.78, 5) is 0. The Morgan fingerprint density at radius 3 is 2.47 bits per heavy atom. The third-order valence-electron chi connectivity index (χ3n) is 2.40. The van der Waals surface area contributed by atoms with Crippen LogP contribution in [0.15, 0.2) is 30.3 Å². The highest BCUT2D eigenvalue weighted by atomic mass is 35.5. The predicted molar refractivity (Wildman–Crippen MR) is 64.0 cm³/mol. The zero-order chi connectivity index (χ0) is 14.0. The molecule has 0 atom stereocenters. The maximum absolute atomic E-state index is 12.6. The SMILES string of the molecule is COc1nnc(-c2cccc(C(F)(F)F)c2)cc1Cl. The van der Waals surface area contributed by atoms with Gasteiger partial charge in [-0.2, -0.15) is 13.2 Å². The zero-order valence-electron chi connectivity index (χ0n) is 9.70. The van der Waals surface area contributed by atoms with Gasteiger partial charge in [0.25, 0.3) is 5.88 Å². The van der Waals surface area contributed by atoms with E-state index < -0.39 is 11.7 Å². The summed E-state index contributed by atoms with van der Waals surface area (Å²) in [6, 6.07) is 6.19. The standard InChI is InChI=1S/C12H8ClF3N2O/c1-19-11-9(13)6-10(17-18-11)7-3-2-4-8(5-7)12(14,15)16/h2-6H,1H3. The van der Waals surface area contributed by atoms with E-state index in [1.165, 1.54) is 25.3 Å². The maximum atomic E-state index is 12.6. The molecule has 0 saturated carbocycles. The second kappa shape index (κ2) is 5.05. The van der Waals surface area contributed by atoms with Gasteiger partial charge in [-0.3, -0.25) is 0 Å². The van der Waals surface area contributed by atoms with E-state index in [0.29, 0.717) is 0 Å². The molecule has 19 heavy (non-hydrogen) atoms. The molecule has 1 heterocycles. The van der Waals surface area contributed by atoms with Gasteiger partial charge in [0.05, 0.1) is 18.4 Å². The Labute approximate surface area is 112 Å². The molecule has 0 aliphatic heterocycles. The second-order valence-electron chi connectivity index (χ2n) is 3.67. The fraction of sp³-hybridized carbons (Fsp3) is 0.167. The minimum absolute atomic E-state index is 0.123. The van der Waals surface area contributed by atoms with Crippen LogP contribution < -0.4 is 4.74 Å². The van der Waals surface area contributed by atoms with Crippen LogP contribution in [0.5, 0.6) is 5.88 Å². The molecule has 0 fully saturated rings. The normalized spacial score (nSPS) is 11.4. The van der Waals surface area contributed by atoms with Crippen LogP contribution in [-0.4, -0.2) is 17.3 Å². The number of aromatic nitrogens is 2. The molecule has 0 saturated heterocycles. The lowest BCUT2D eigenvalue weighted by Gasteiger charge is -2.08. The molecule has 2 rings (SSSR count). The van der Waals surface area contributed by atoms with E-state index in [-0.39, 0.29) is 22.2 Å². The van der Waals surface area contributed by atoms with Crippen LogP contribution in [0, 0.1) is 0 Å². The van der Waals surface area contributed by atoms with E-state index in [1.54, 1.807) is 0 Å². The molecule has 2 aromatic rings. The minimum Gasteiger partial charge on any atom is -0.479 e. The third-order valence-corrected chi connectivity index (χ3v) is 2.67. The van der Waals surface area contributed by atoms with Crippen LogP contribution in [0.2, 0.25) is 5.02 Å². The number of nitrogens with zero attached hydrogens (tertiary/aromatic N) is 2. The Morgan fingerprint density at radius 1 is 1.16 bits per heavy atom. The van der Waals surface area contributed by atoms with Gasteiger partial charge in [-0.15, -0.1) is 10.2 Å². The van der Waals surface area contributed by atoms with E-state index in [0.717, 1.165) is 12.1 Å². The summed E-state index contributed by atoms with van der Waals surface area (Å²) in [6.45, 7) is 0. The molecule has 3 nitrogen and oxygen atoms in total. The van der Waals surface area contributed by atoms with Crippen molar-refractivity contribution in [1.29, 1.82) is 0 Å². The fourth-order valence-electron chi connectivity index (χ4n) is 1.49. The summed E-state index contributed by atoms with van der Waals surface area (Å²) >= 11 is 5.86. The molecule has 0 bridgehead atoms. The molecule has 0 amide bonds. The van der Waals surface area contributed by atoms with Crippen molar-refractivity contribution in [3.8, 4) is 17.1 Å². The third kappa shape index (κ3) is 2.96. The maximum Gasteiger partial charge on any atom is 0.416 e. The van der Waals surface area contributed by atoms with Gasteiger partial charge in [-0.25, -0.2) is 0 Å². The summed E-state index contributed by atoms with van der Waals surface area (Å²) in [6.07, 6.45) is -4.40. The summed E-state index contributed by atoms with van der Waals surface area (Å²) < 4.78 is 42.6. The Balaban J connectivity index is 2.45. The van der Waals surface area contributed by atoms with Crippen molar-refractivity contribution < 1.29 is 17.9 Å². The van der Waals surface area contributed by atoms with E-state index in [4.69, 9.17) is 16.3 Å². The highest BCUT2D eigenvalue weighted by Gasteiger charge is 2.30. The van der Waals surface area contributed by atoms with Gasteiger partial charge in [-0.1, -0.05) is 23.7 Å². The molecule has 0 radical (unpaired) electrons. The average molecular weight is 289 g/mol. The molecule has 7 heteroatoms. The van der Waals surface area contributed by atoms with Gasteiger partial charge < -0.3 is 4.74 Å². The van der Waals surface area contributed by atoms with Crippen molar-refractivity contribution in [3.05, 3.63) is 40.9 Å². The average Bonchev–Trinajstić information content (AvgIpc) is 2.38. The molecular weight excluding hydrogens is 281 g/mol. The van der Waals surface area contributed by atoms with E-state index in [9.17, 15) is 13.2 Å². The summed E-state index contributed by atoms with van der Waals surface area (Å²) in [5.74, 6) is 0.123. The fourth-order valence-corrected chi connectivity index (χ4v) is 1.71. The molecule has 0 N–H and O–H groups in total. The lowest BCUT2D eigenvalue weighted by molar-refractivity contribution is -0.137. The van der Waals surface area contributed by atoms with Crippen LogP contribution in [0.4, 0.5) is 13.2 Å². The van der Waals surface area contributed by atoms with Crippen molar-refractivity contribution in [3.63, 3.8) is 0 Å².